The number of phenols is 1. The number of methoxy groups -OCH3 is 1. The highest BCUT2D eigenvalue weighted by Gasteiger charge is 2.39. The molecule has 11 nitrogen and oxygen atoms in total. The molecule has 0 aliphatic carbocycles. The number of nitrogens with zero attached hydrogens (tertiary/aromatic N) is 1. The molecule has 0 saturated carbocycles. The van der Waals surface area contributed by atoms with E-state index in [-0.39, 0.29) is 37.0 Å². The zero-order chi connectivity index (χ0) is 40.3. The highest BCUT2D eigenvalue weighted by molar-refractivity contribution is 5.83. The van der Waals surface area contributed by atoms with Crippen molar-refractivity contribution >= 4 is 12.0 Å². The summed E-state index contributed by atoms with van der Waals surface area (Å²) in [6.07, 6.45) is -1.71. The van der Waals surface area contributed by atoms with Crippen molar-refractivity contribution in [2.24, 2.45) is 5.92 Å². The topological polar surface area (TPSA) is 150 Å². The Kier molecular flexibility index (Phi) is 14.1. The van der Waals surface area contributed by atoms with Gasteiger partial charge in [0.1, 0.15) is 11.8 Å². The third-order valence-electron chi connectivity index (χ3n) is 10.3. The third kappa shape index (κ3) is 11.1. The van der Waals surface area contributed by atoms with Crippen LogP contribution in [-0.2, 0) is 38.6 Å². The highest BCUT2D eigenvalue weighted by Crippen LogP contribution is 2.42. The van der Waals surface area contributed by atoms with Gasteiger partial charge < -0.3 is 45.1 Å². The van der Waals surface area contributed by atoms with Crippen LogP contribution in [0, 0.1) is 5.92 Å². The Hall–Kier alpha value is -5.56. The molecule has 1 aliphatic rings. The monoisotopic (exact) mass is 773 g/mol. The molecule has 1 aliphatic heterocycles. The minimum Gasteiger partial charge on any atom is -0.508 e. The Balaban J connectivity index is 1.12. The Morgan fingerprint density at radius 1 is 0.807 bits per heavy atom. The van der Waals surface area contributed by atoms with E-state index in [0.29, 0.717) is 25.1 Å². The van der Waals surface area contributed by atoms with Crippen LogP contribution in [0.5, 0.6) is 5.75 Å². The molecule has 57 heavy (non-hydrogen) atoms. The minimum atomic E-state index is -0.829. The van der Waals surface area contributed by atoms with E-state index >= 15 is 0 Å². The number of esters is 1. The standard InChI is InChI=1S/C46H51N3O8/c1-30-42(28-49(2)27-41(52)38-13-8-14-39(51)25-38)56-45(57-43(30)35-17-15-32(29-50)16-18-35)36-21-19-34(20-22-36)37-12-7-11-33(23-37)26-47-46(54)48-40(44(53)55-3)24-31-9-5-4-6-10-31/h4-23,25,30,40-43,45,50-52H,24,26-29H2,1-3H3,(H2,47,48,54)/t30-,40-,41+,42+,43+,45+/m0/s1. The fraction of sp³-hybridized carbons (Fsp3) is 0.304. The molecule has 0 aromatic heterocycles. The number of carbonyl (C=O) groups excluding carboxylic acids is 2. The zero-order valence-electron chi connectivity index (χ0n) is 32.5. The van der Waals surface area contributed by atoms with Gasteiger partial charge in [-0.2, -0.15) is 0 Å². The van der Waals surface area contributed by atoms with Crippen LogP contribution in [0.25, 0.3) is 11.1 Å². The van der Waals surface area contributed by atoms with E-state index in [9.17, 15) is 24.9 Å². The lowest BCUT2D eigenvalue weighted by Gasteiger charge is -2.42. The number of nitrogens with one attached hydrogen (secondary N) is 2. The summed E-state index contributed by atoms with van der Waals surface area (Å²) in [5.41, 5.74) is 7.00. The molecular formula is C46H51N3O8. The lowest BCUT2D eigenvalue weighted by atomic mass is 9.90. The maximum atomic E-state index is 12.9. The number of rotatable bonds is 15. The van der Waals surface area contributed by atoms with Crippen molar-refractivity contribution < 1.29 is 39.1 Å². The van der Waals surface area contributed by atoms with E-state index in [1.54, 1.807) is 24.3 Å². The van der Waals surface area contributed by atoms with Crippen LogP contribution < -0.4 is 10.6 Å². The molecule has 2 amide bonds. The smallest absolute Gasteiger partial charge is 0.328 e. The van der Waals surface area contributed by atoms with Gasteiger partial charge in [-0.15, -0.1) is 0 Å². The summed E-state index contributed by atoms with van der Waals surface area (Å²) < 4.78 is 18.3. The van der Waals surface area contributed by atoms with Gasteiger partial charge in [-0.25, -0.2) is 9.59 Å². The molecule has 0 spiro atoms. The van der Waals surface area contributed by atoms with Crippen LogP contribution in [0.3, 0.4) is 0 Å². The van der Waals surface area contributed by atoms with Crippen molar-refractivity contribution in [2.75, 3.05) is 27.2 Å². The lowest BCUT2D eigenvalue weighted by Crippen LogP contribution is -2.47. The van der Waals surface area contributed by atoms with E-state index < -0.39 is 30.4 Å². The van der Waals surface area contributed by atoms with Gasteiger partial charge in [0.15, 0.2) is 6.29 Å². The van der Waals surface area contributed by atoms with Gasteiger partial charge in [0.05, 0.1) is 32.0 Å². The SMILES string of the molecule is COC(=O)[C@H](Cc1ccccc1)NC(=O)NCc1cccc(-c2ccc([C@@H]3O[C@H](CN(C)C[C@@H](O)c4cccc(O)c4)[C@H](C)[C@H](c4ccc(CO)cc4)O3)cc2)c1. The van der Waals surface area contributed by atoms with E-state index in [2.05, 4.69) is 17.6 Å². The number of aromatic hydroxyl groups is 1. The fourth-order valence-electron chi connectivity index (χ4n) is 7.11. The first-order valence-electron chi connectivity index (χ1n) is 19.1. The van der Waals surface area contributed by atoms with Gasteiger partial charge in [-0.1, -0.05) is 116 Å². The number of amides is 2. The van der Waals surface area contributed by atoms with Crippen LogP contribution in [0.15, 0.2) is 127 Å². The first kappa shape index (κ1) is 41.1. The van der Waals surface area contributed by atoms with Crippen LogP contribution in [0.4, 0.5) is 4.79 Å². The van der Waals surface area contributed by atoms with Gasteiger partial charge in [0.25, 0.3) is 0 Å². The highest BCUT2D eigenvalue weighted by atomic mass is 16.7. The molecule has 5 N–H and O–H groups in total. The van der Waals surface area contributed by atoms with E-state index in [4.69, 9.17) is 14.2 Å². The average molecular weight is 774 g/mol. The van der Waals surface area contributed by atoms with Gasteiger partial charge in [-0.3, -0.25) is 0 Å². The van der Waals surface area contributed by atoms with Crippen LogP contribution in [0.1, 0.15) is 58.8 Å². The molecule has 0 bridgehead atoms. The summed E-state index contributed by atoms with van der Waals surface area (Å²) in [7, 11) is 3.24. The van der Waals surface area contributed by atoms with Crippen molar-refractivity contribution in [1.29, 1.82) is 0 Å². The zero-order valence-corrected chi connectivity index (χ0v) is 32.5. The maximum Gasteiger partial charge on any atom is 0.328 e. The summed E-state index contributed by atoms with van der Waals surface area (Å²) in [6.45, 7) is 3.17. The normalized spacial score (nSPS) is 19.1. The minimum absolute atomic E-state index is 0.0458. The van der Waals surface area contributed by atoms with Crippen LogP contribution >= 0.6 is 0 Å². The Morgan fingerprint density at radius 3 is 2.21 bits per heavy atom. The van der Waals surface area contributed by atoms with Gasteiger partial charge >= 0.3 is 12.0 Å². The summed E-state index contributed by atoms with van der Waals surface area (Å²) in [5.74, 6) is -0.459. The summed E-state index contributed by atoms with van der Waals surface area (Å²) in [6, 6.07) is 38.5. The van der Waals surface area contributed by atoms with Crippen LogP contribution in [0.2, 0.25) is 0 Å². The summed E-state index contributed by atoms with van der Waals surface area (Å²) in [5, 5.41) is 36.1. The molecule has 5 aromatic rings. The Morgan fingerprint density at radius 2 is 1.51 bits per heavy atom. The molecular weight excluding hydrogens is 723 g/mol. The molecule has 1 saturated heterocycles. The largest absolute Gasteiger partial charge is 0.508 e. The van der Waals surface area contributed by atoms with E-state index in [0.717, 1.165) is 38.9 Å². The molecule has 1 fully saturated rings. The molecule has 6 rings (SSSR count). The third-order valence-corrected chi connectivity index (χ3v) is 10.3. The first-order chi connectivity index (χ1) is 27.6. The first-order valence-corrected chi connectivity index (χ1v) is 19.1. The van der Waals surface area contributed by atoms with Crippen LogP contribution in [-0.4, -0.2) is 71.6 Å². The summed E-state index contributed by atoms with van der Waals surface area (Å²) in [4.78, 5) is 27.3. The number of likely N-dealkylation sites (N-methyl/N-ethyl adjacent to an activating group) is 1. The number of benzene rings is 5. The number of ether oxygens (including phenoxy) is 3. The molecule has 1 heterocycles. The number of urea groups is 1. The fourth-order valence-corrected chi connectivity index (χ4v) is 7.11. The van der Waals surface area contributed by atoms with Gasteiger partial charge in [-0.05, 0) is 64.2 Å². The van der Waals surface area contributed by atoms with Crippen molar-refractivity contribution in [2.45, 2.75) is 57.1 Å². The number of carbonyl (C=O) groups is 2. The second-order valence-electron chi connectivity index (χ2n) is 14.6. The average Bonchev–Trinajstić information content (AvgIpc) is 3.23. The number of aliphatic hydroxyl groups is 2. The quantitative estimate of drug-likeness (QED) is 0.0743. The van der Waals surface area contributed by atoms with E-state index in [1.165, 1.54) is 7.11 Å². The maximum absolute atomic E-state index is 12.9. The molecule has 298 valence electrons. The number of hydrogen-bond acceptors (Lipinski definition) is 9. The van der Waals surface area contributed by atoms with E-state index in [1.807, 2.05) is 115 Å². The van der Waals surface area contributed by atoms with Gasteiger partial charge in [0, 0.05) is 37.5 Å². The predicted octanol–water partition coefficient (Wildman–Crippen LogP) is 6.59. The predicted molar refractivity (Wildman–Crippen MR) is 217 cm³/mol. The molecule has 6 atom stereocenters. The molecule has 0 unspecified atom stereocenters. The number of phenolic OH excluding ortho intramolecular Hbond substituents is 1. The Bertz CT molecular complexity index is 2060. The van der Waals surface area contributed by atoms with Crippen molar-refractivity contribution in [1.82, 2.24) is 15.5 Å². The van der Waals surface area contributed by atoms with Crippen molar-refractivity contribution in [3.05, 3.63) is 161 Å². The number of hydrogen-bond donors (Lipinski definition) is 5. The van der Waals surface area contributed by atoms with Gasteiger partial charge in [0.2, 0.25) is 0 Å². The van der Waals surface area contributed by atoms with Crippen molar-refractivity contribution in [3.8, 4) is 16.9 Å². The molecule has 5 aromatic carbocycles. The number of aliphatic hydroxyl groups excluding tert-OH is 2. The molecule has 11 heteroatoms. The Labute approximate surface area is 333 Å². The van der Waals surface area contributed by atoms with Crippen molar-refractivity contribution in [3.63, 3.8) is 0 Å². The second kappa shape index (κ2) is 19.5. The second-order valence-corrected chi connectivity index (χ2v) is 14.6. The summed E-state index contributed by atoms with van der Waals surface area (Å²) >= 11 is 0. The molecule has 0 radical (unpaired) electrons. The lowest BCUT2D eigenvalue weighted by molar-refractivity contribution is -0.276.